The molecule has 0 radical (unpaired) electrons. The molecule has 0 saturated carbocycles. The second-order valence-corrected chi connectivity index (χ2v) is 12.2. The van der Waals surface area contributed by atoms with E-state index in [4.69, 9.17) is 0 Å². The van der Waals surface area contributed by atoms with Gasteiger partial charge >= 0.3 is 0 Å². The van der Waals surface area contributed by atoms with Crippen LogP contribution < -0.4 is 4.90 Å². The number of aromatic nitrogens is 1. The highest BCUT2D eigenvalue weighted by Crippen LogP contribution is 2.44. The number of benzene rings is 8. The zero-order valence-corrected chi connectivity index (χ0v) is 26.4. The van der Waals surface area contributed by atoms with E-state index in [9.17, 15) is 0 Å². The molecule has 0 aliphatic carbocycles. The summed E-state index contributed by atoms with van der Waals surface area (Å²) in [5, 5.41) is 4.98. The van der Waals surface area contributed by atoms with Crippen molar-refractivity contribution in [2.75, 3.05) is 4.90 Å². The highest BCUT2D eigenvalue weighted by Gasteiger charge is 2.20. The van der Waals surface area contributed by atoms with Gasteiger partial charge in [0.15, 0.2) is 0 Å². The van der Waals surface area contributed by atoms with Crippen LogP contribution in [0.5, 0.6) is 0 Å². The molecule has 9 aromatic rings. The number of hydrogen-bond acceptors (Lipinski definition) is 1. The Balaban J connectivity index is 1.30. The second kappa shape index (κ2) is 11.8. The first-order valence-corrected chi connectivity index (χ1v) is 16.4. The molecule has 0 unspecified atom stereocenters. The fraction of sp³-hybridized carbons (Fsp3) is 0. The number of fused-ring (bicyclic) bond motifs is 5. The number of nitrogens with zero attached hydrogens (tertiary/aromatic N) is 2. The Hall–Kier alpha value is -6.38. The van der Waals surface area contributed by atoms with E-state index in [-0.39, 0.29) is 0 Å². The molecule has 1 aromatic heterocycles. The van der Waals surface area contributed by atoms with Crippen molar-refractivity contribution in [3.8, 4) is 27.9 Å². The van der Waals surface area contributed by atoms with Gasteiger partial charge in [0.2, 0.25) is 0 Å². The van der Waals surface area contributed by atoms with Crippen molar-refractivity contribution >= 4 is 49.6 Å². The van der Waals surface area contributed by atoms with E-state index in [0.717, 1.165) is 22.7 Å². The summed E-state index contributed by atoms with van der Waals surface area (Å²) in [5.74, 6) is 0. The first-order chi connectivity index (χ1) is 23.8. The molecule has 226 valence electrons. The minimum Gasteiger partial charge on any atom is -0.311 e. The van der Waals surface area contributed by atoms with Gasteiger partial charge in [-0.1, -0.05) is 133 Å². The number of anilines is 3. The van der Waals surface area contributed by atoms with Gasteiger partial charge in [0.1, 0.15) is 0 Å². The molecule has 0 amide bonds. The van der Waals surface area contributed by atoms with E-state index >= 15 is 0 Å². The number of rotatable bonds is 6. The molecule has 0 aliphatic rings. The molecule has 8 aromatic carbocycles. The Morgan fingerprint density at radius 3 is 1.58 bits per heavy atom. The van der Waals surface area contributed by atoms with Gasteiger partial charge in [-0.25, -0.2) is 0 Å². The largest absolute Gasteiger partial charge is 0.311 e. The summed E-state index contributed by atoms with van der Waals surface area (Å²) in [7, 11) is 0. The molecule has 2 nitrogen and oxygen atoms in total. The molecular weight excluding hydrogens is 581 g/mol. The summed E-state index contributed by atoms with van der Waals surface area (Å²) in [4.78, 5) is 2.31. The number of hydrogen-bond donors (Lipinski definition) is 0. The molecular formula is C46H32N2. The third-order valence-corrected chi connectivity index (χ3v) is 9.34. The summed E-state index contributed by atoms with van der Waals surface area (Å²) in [5.41, 5.74) is 11.8. The number of para-hydroxylation sites is 3. The predicted octanol–water partition coefficient (Wildman–Crippen LogP) is 12.7. The van der Waals surface area contributed by atoms with E-state index in [2.05, 4.69) is 204 Å². The smallest absolute Gasteiger partial charge is 0.0625 e. The Labute approximate surface area is 280 Å². The van der Waals surface area contributed by atoms with Crippen molar-refractivity contribution in [2.45, 2.75) is 0 Å². The molecule has 9 rings (SSSR count). The predicted molar refractivity (Wildman–Crippen MR) is 204 cm³/mol. The summed E-state index contributed by atoms with van der Waals surface area (Å²) < 4.78 is 2.46. The standard InChI is InChI=1S/C46H32N2/c1-5-15-33(16-6-1)35-27-30-42-44(32-35)48(39-22-11-4-12-23-39)46-41-24-14-13-17-36(41)31-43(45(42)46)34-25-28-40(29-26-34)47(37-18-7-2-8-19-37)38-20-9-3-10-21-38/h1-32H. The molecule has 2 heteroatoms. The lowest BCUT2D eigenvalue weighted by Crippen LogP contribution is -2.09. The topological polar surface area (TPSA) is 8.17 Å². The van der Waals surface area contributed by atoms with Gasteiger partial charge < -0.3 is 9.47 Å². The molecule has 0 fully saturated rings. The van der Waals surface area contributed by atoms with Gasteiger partial charge in [0.05, 0.1) is 11.0 Å². The van der Waals surface area contributed by atoms with Crippen LogP contribution in [-0.4, -0.2) is 4.57 Å². The Bertz CT molecular complexity index is 2480. The minimum absolute atomic E-state index is 1.12. The lowest BCUT2D eigenvalue weighted by molar-refractivity contribution is 1.19. The highest BCUT2D eigenvalue weighted by molar-refractivity contribution is 6.24. The maximum Gasteiger partial charge on any atom is 0.0625 e. The summed E-state index contributed by atoms with van der Waals surface area (Å²) >= 11 is 0. The van der Waals surface area contributed by atoms with Gasteiger partial charge in [-0.3, -0.25) is 0 Å². The quantitative estimate of drug-likeness (QED) is 0.181. The highest BCUT2D eigenvalue weighted by atomic mass is 15.1. The van der Waals surface area contributed by atoms with Crippen LogP contribution in [0.2, 0.25) is 0 Å². The van der Waals surface area contributed by atoms with E-state index in [1.54, 1.807) is 0 Å². The first kappa shape index (κ1) is 27.9. The van der Waals surface area contributed by atoms with Gasteiger partial charge in [0, 0.05) is 38.9 Å². The van der Waals surface area contributed by atoms with Gasteiger partial charge in [-0.05, 0) is 88.3 Å². The fourth-order valence-corrected chi connectivity index (χ4v) is 7.16. The molecule has 0 spiro atoms. The normalized spacial score (nSPS) is 11.3. The van der Waals surface area contributed by atoms with Crippen molar-refractivity contribution in [3.05, 3.63) is 194 Å². The molecule has 0 atom stereocenters. The zero-order chi connectivity index (χ0) is 31.9. The lowest BCUT2D eigenvalue weighted by Gasteiger charge is -2.25. The van der Waals surface area contributed by atoms with E-state index in [1.807, 2.05) is 0 Å². The zero-order valence-electron chi connectivity index (χ0n) is 26.4. The third kappa shape index (κ3) is 4.74. The van der Waals surface area contributed by atoms with Gasteiger partial charge in [-0.15, -0.1) is 0 Å². The minimum atomic E-state index is 1.12. The molecule has 1 heterocycles. The molecule has 0 bridgehead atoms. The van der Waals surface area contributed by atoms with Crippen molar-refractivity contribution in [1.29, 1.82) is 0 Å². The van der Waals surface area contributed by atoms with Crippen molar-refractivity contribution in [3.63, 3.8) is 0 Å². The summed E-state index contributed by atoms with van der Waals surface area (Å²) in [6.07, 6.45) is 0. The maximum atomic E-state index is 2.46. The molecule has 48 heavy (non-hydrogen) atoms. The van der Waals surface area contributed by atoms with E-state index in [0.29, 0.717) is 0 Å². The lowest BCUT2D eigenvalue weighted by atomic mass is 9.94. The van der Waals surface area contributed by atoms with Crippen molar-refractivity contribution in [1.82, 2.24) is 4.57 Å². The van der Waals surface area contributed by atoms with Gasteiger partial charge in [-0.2, -0.15) is 0 Å². The Morgan fingerprint density at radius 1 is 0.375 bits per heavy atom. The van der Waals surface area contributed by atoms with Crippen molar-refractivity contribution < 1.29 is 0 Å². The monoisotopic (exact) mass is 612 g/mol. The van der Waals surface area contributed by atoms with Crippen LogP contribution >= 0.6 is 0 Å². The third-order valence-electron chi connectivity index (χ3n) is 9.34. The van der Waals surface area contributed by atoms with Crippen LogP contribution in [0, 0.1) is 0 Å². The fourth-order valence-electron chi connectivity index (χ4n) is 7.16. The second-order valence-electron chi connectivity index (χ2n) is 12.2. The van der Waals surface area contributed by atoms with Crippen molar-refractivity contribution in [2.24, 2.45) is 0 Å². The van der Waals surface area contributed by atoms with Crippen LogP contribution in [0.3, 0.4) is 0 Å². The SMILES string of the molecule is c1ccc(-c2ccc3c4c(-c5ccc(N(c6ccccc6)c6ccccc6)cc5)cc5ccccc5c4n(-c4ccccc4)c3c2)cc1. The van der Waals surface area contributed by atoms with Crippen LogP contribution in [0.1, 0.15) is 0 Å². The summed E-state index contributed by atoms with van der Waals surface area (Å²) in [6.45, 7) is 0. The van der Waals surface area contributed by atoms with Crippen LogP contribution in [0.4, 0.5) is 17.1 Å². The Morgan fingerprint density at radius 2 is 0.917 bits per heavy atom. The van der Waals surface area contributed by atoms with E-state index < -0.39 is 0 Å². The molecule has 0 aliphatic heterocycles. The summed E-state index contributed by atoms with van der Waals surface area (Å²) in [6, 6.07) is 69.8. The maximum absolute atomic E-state index is 2.46. The van der Waals surface area contributed by atoms with Crippen LogP contribution in [0.15, 0.2) is 194 Å². The van der Waals surface area contributed by atoms with Crippen LogP contribution in [0.25, 0.3) is 60.5 Å². The van der Waals surface area contributed by atoms with Crippen LogP contribution in [-0.2, 0) is 0 Å². The van der Waals surface area contributed by atoms with E-state index in [1.165, 1.54) is 54.8 Å². The molecule has 0 saturated heterocycles. The average molecular weight is 613 g/mol. The van der Waals surface area contributed by atoms with Gasteiger partial charge in [0.25, 0.3) is 0 Å². The molecule has 0 N–H and O–H groups in total. The average Bonchev–Trinajstić information content (AvgIpc) is 3.51. The Kier molecular flexibility index (Phi) is 6.84. The first-order valence-electron chi connectivity index (χ1n) is 16.4.